The normalized spacial score (nSPS) is 10.5. The molecule has 0 spiro atoms. The summed E-state index contributed by atoms with van der Waals surface area (Å²) in [5, 5.41) is 13.4. The second-order valence-electron chi connectivity index (χ2n) is 4.49. The maximum atomic E-state index is 12.9. The molecular formula is C15H15ClFNO. The van der Waals surface area contributed by atoms with E-state index in [1.54, 1.807) is 6.07 Å². The second kappa shape index (κ2) is 5.49. The largest absolute Gasteiger partial charge is 0.507 e. The van der Waals surface area contributed by atoms with Crippen molar-refractivity contribution in [2.24, 2.45) is 0 Å². The zero-order valence-corrected chi connectivity index (χ0v) is 11.6. The fraction of sp³-hybridized carbons (Fsp3) is 0.200. The summed E-state index contributed by atoms with van der Waals surface area (Å²) >= 11 is 5.96. The summed E-state index contributed by atoms with van der Waals surface area (Å²) in [5.74, 6) is -0.0619. The van der Waals surface area contributed by atoms with Gasteiger partial charge >= 0.3 is 0 Å². The van der Waals surface area contributed by atoms with E-state index in [1.165, 1.54) is 12.1 Å². The van der Waals surface area contributed by atoms with E-state index in [-0.39, 0.29) is 11.6 Å². The smallest absolute Gasteiger partial charge is 0.124 e. The quantitative estimate of drug-likeness (QED) is 0.872. The van der Waals surface area contributed by atoms with Gasteiger partial charge in [-0.15, -0.1) is 0 Å². The molecule has 0 aliphatic rings. The van der Waals surface area contributed by atoms with Gasteiger partial charge in [0, 0.05) is 22.8 Å². The summed E-state index contributed by atoms with van der Waals surface area (Å²) in [5.41, 5.74) is 3.27. The molecule has 0 heterocycles. The Bertz CT molecular complexity index is 613. The third-order valence-corrected chi connectivity index (χ3v) is 3.47. The number of hydrogen-bond donors (Lipinski definition) is 2. The molecular weight excluding hydrogens is 265 g/mol. The Labute approximate surface area is 116 Å². The summed E-state index contributed by atoms with van der Waals surface area (Å²) in [4.78, 5) is 0. The highest BCUT2D eigenvalue weighted by atomic mass is 35.5. The minimum Gasteiger partial charge on any atom is -0.507 e. The van der Waals surface area contributed by atoms with Crippen LogP contribution in [-0.2, 0) is 6.54 Å². The van der Waals surface area contributed by atoms with Crippen molar-refractivity contribution in [3.63, 3.8) is 0 Å². The van der Waals surface area contributed by atoms with Crippen LogP contribution >= 0.6 is 11.6 Å². The lowest BCUT2D eigenvalue weighted by atomic mass is 10.1. The van der Waals surface area contributed by atoms with Gasteiger partial charge in [0.1, 0.15) is 11.6 Å². The van der Waals surface area contributed by atoms with Crippen molar-refractivity contribution in [1.82, 2.24) is 0 Å². The van der Waals surface area contributed by atoms with E-state index in [0.717, 1.165) is 22.4 Å². The Balaban J connectivity index is 2.17. The van der Waals surface area contributed by atoms with Crippen LogP contribution in [0.15, 0.2) is 30.3 Å². The van der Waals surface area contributed by atoms with Crippen molar-refractivity contribution < 1.29 is 9.50 Å². The lowest BCUT2D eigenvalue weighted by Gasteiger charge is -2.13. The lowest BCUT2D eigenvalue weighted by Crippen LogP contribution is -2.02. The average Bonchev–Trinajstić information content (AvgIpc) is 2.37. The molecule has 0 bridgehead atoms. The number of benzene rings is 2. The molecule has 4 heteroatoms. The monoisotopic (exact) mass is 279 g/mol. The Morgan fingerprint density at radius 1 is 1.21 bits per heavy atom. The number of nitrogens with one attached hydrogen (secondary N) is 1. The first kappa shape index (κ1) is 13.7. The first-order chi connectivity index (χ1) is 8.99. The molecule has 0 fully saturated rings. The third-order valence-electron chi connectivity index (χ3n) is 3.12. The second-order valence-corrected chi connectivity index (χ2v) is 4.90. The van der Waals surface area contributed by atoms with E-state index in [1.807, 2.05) is 26.0 Å². The number of halogens is 2. The molecule has 2 nitrogen and oxygen atoms in total. The van der Waals surface area contributed by atoms with Crippen LogP contribution in [0, 0.1) is 19.7 Å². The number of phenolic OH excluding ortho intramolecular Hbond substituents is 1. The molecule has 2 N–H and O–H groups in total. The fourth-order valence-electron chi connectivity index (χ4n) is 1.88. The number of hydrogen-bond acceptors (Lipinski definition) is 2. The molecule has 0 unspecified atom stereocenters. The lowest BCUT2D eigenvalue weighted by molar-refractivity contribution is 0.467. The van der Waals surface area contributed by atoms with Crippen LogP contribution in [0.4, 0.5) is 10.1 Å². The van der Waals surface area contributed by atoms with Crippen molar-refractivity contribution >= 4 is 17.3 Å². The summed E-state index contributed by atoms with van der Waals surface area (Å²) < 4.78 is 12.9. The zero-order valence-electron chi connectivity index (χ0n) is 10.8. The minimum atomic E-state index is -0.349. The van der Waals surface area contributed by atoms with Gasteiger partial charge in [0.2, 0.25) is 0 Å². The number of rotatable bonds is 3. The third kappa shape index (κ3) is 2.99. The molecule has 0 aromatic heterocycles. The summed E-state index contributed by atoms with van der Waals surface area (Å²) in [6.07, 6.45) is 0. The Morgan fingerprint density at radius 2 is 1.95 bits per heavy atom. The fourth-order valence-corrected chi connectivity index (χ4v) is 2.12. The summed E-state index contributed by atoms with van der Waals surface area (Å²) in [6.45, 7) is 4.17. The molecule has 19 heavy (non-hydrogen) atoms. The van der Waals surface area contributed by atoms with Crippen molar-refractivity contribution in [1.29, 1.82) is 0 Å². The van der Waals surface area contributed by atoms with E-state index in [9.17, 15) is 9.50 Å². The van der Waals surface area contributed by atoms with Gasteiger partial charge in [-0.25, -0.2) is 4.39 Å². The Hall–Kier alpha value is -1.74. The minimum absolute atomic E-state index is 0.287. The standard InChI is InChI=1S/C15H15ClFNO/c1-9-3-6-14(10(2)15(9)19)18-8-11-4-5-12(17)7-13(11)16/h3-7,18-19H,8H2,1-2H3. The highest BCUT2D eigenvalue weighted by Gasteiger charge is 2.07. The van der Waals surface area contributed by atoms with E-state index in [0.29, 0.717) is 11.6 Å². The first-order valence-electron chi connectivity index (χ1n) is 5.96. The van der Waals surface area contributed by atoms with Gasteiger partial charge in [0.05, 0.1) is 0 Å². The van der Waals surface area contributed by atoms with Gasteiger partial charge < -0.3 is 10.4 Å². The first-order valence-corrected chi connectivity index (χ1v) is 6.34. The van der Waals surface area contributed by atoms with Gasteiger partial charge in [-0.1, -0.05) is 23.7 Å². The van der Waals surface area contributed by atoms with Crippen LogP contribution < -0.4 is 5.32 Å². The molecule has 0 saturated heterocycles. The predicted molar refractivity (Wildman–Crippen MR) is 76.3 cm³/mol. The molecule has 2 aromatic carbocycles. The number of aromatic hydroxyl groups is 1. The summed E-state index contributed by atoms with van der Waals surface area (Å²) in [6, 6.07) is 8.06. The van der Waals surface area contributed by atoms with E-state index in [2.05, 4.69) is 5.32 Å². The predicted octanol–water partition coefficient (Wildman–Crippen LogP) is 4.41. The van der Waals surface area contributed by atoms with Crippen molar-refractivity contribution in [3.05, 3.63) is 57.9 Å². The van der Waals surface area contributed by atoms with Crippen molar-refractivity contribution in [3.8, 4) is 5.75 Å². The van der Waals surface area contributed by atoms with Gasteiger partial charge in [0.15, 0.2) is 0 Å². The van der Waals surface area contributed by atoms with Gasteiger partial charge in [-0.2, -0.15) is 0 Å². The van der Waals surface area contributed by atoms with Crippen LogP contribution in [-0.4, -0.2) is 5.11 Å². The molecule has 2 aromatic rings. The highest BCUT2D eigenvalue weighted by Crippen LogP contribution is 2.28. The average molecular weight is 280 g/mol. The van der Waals surface area contributed by atoms with Gasteiger partial charge in [-0.05, 0) is 43.2 Å². The number of anilines is 1. The topological polar surface area (TPSA) is 32.3 Å². The van der Waals surface area contributed by atoms with E-state index < -0.39 is 0 Å². The maximum absolute atomic E-state index is 12.9. The van der Waals surface area contributed by atoms with Crippen LogP contribution in [0.3, 0.4) is 0 Å². The molecule has 100 valence electrons. The van der Waals surface area contributed by atoms with Crippen molar-refractivity contribution in [2.45, 2.75) is 20.4 Å². The summed E-state index contributed by atoms with van der Waals surface area (Å²) in [7, 11) is 0. The van der Waals surface area contributed by atoms with Crippen LogP contribution in [0.1, 0.15) is 16.7 Å². The Kier molecular flexibility index (Phi) is 3.96. The number of phenols is 1. The SMILES string of the molecule is Cc1ccc(NCc2ccc(F)cc2Cl)c(C)c1O. The van der Waals surface area contributed by atoms with Gasteiger partial charge in [-0.3, -0.25) is 0 Å². The zero-order chi connectivity index (χ0) is 14.0. The number of aryl methyl sites for hydroxylation is 1. The molecule has 0 atom stereocenters. The highest BCUT2D eigenvalue weighted by molar-refractivity contribution is 6.31. The molecule has 0 aliphatic carbocycles. The molecule has 0 amide bonds. The molecule has 2 rings (SSSR count). The maximum Gasteiger partial charge on any atom is 0.124 e. The van der Waals surface area contributed by atoms with Gasteiger partial charge in [0.25, 0.3) is 0 Å². The van der Waals surface area contributed by atoms with Crippen LogP contribution in [0.25, 0.3) is 0 Å². The van der Waals surface area contributed by atoms with Crippen molar-refractivity contribution in [2.75, 3.05) is 5.32 Å². The van der Waals surface area contributed by atoms with E-state index >= 15 is 0 Å². The van der Waals surface area contributed by atoms with Crippen LogP contribution in [0.5, 0.6) is 5.75 Å². The molecule has 0 saturated carbocycles. The van der Waals surface area contributed by atoms with Crippen LogP contribution in [0.2, 0.25) is 5.02 Å². The molecule has 0 aliphatic heterocycles. The Morgan fingerprint density at radius 3 is 2.63 bits per heavy atom. The van der Waals surface area contributed by atoms with E-state index in [4.69, 9.17) is 11.6 Å². The molecule has 0 radical (unpaired) electrons.